The fourth-order valence-electron chi connectivity index (χ4n) is 2.08. The molecule has 0 amide bonds. The molecule has 0 unspecified atom stereocenters. The highest BCUT2D eigenvalue weighted by atomic mass is 16.4. The summed E-state index contributed by atoms with van der Waals surface area (Å²) in [5.74, 6) is -3.29. The highest BCUT2D eigenvalue weighted by Gasteiger charge is 2.33. The van der Waals surface area contributed by atoms with Gasteiger partial charge in [0.05, 0.1) is 11.8 Å². The molecule has 14 heavy (non-hydrogen) atoms. The van der Waals surface area contributed by atoms with Gasteiger partial charge in [0.25, 0.3) is 0 Å². The molecule has 4 heteroatoms. The SMILES string of the molecule is O=C(O)[C@H]1CCCCCC[C@@H]1C(=O)O. The van der Waals surface area contributed by atoms with Crippen LogP contribution in [-0.4, -0.2) is 22.2 Å². The Morgan fingerprint density at radius 2 is 1.14 bits per heavy atom. The van der Waals surface area contributed by atoms with Crippen LogP contribution in [0, 0.1) is 11.8 Å². The molecule has 1 aliphatic rings. The van der Waals surface area contributed by atoms with E-state index in [1.54, 1.807) is 0 Å². The van der Waals surface area contributed by atoms with Gasteiger partial charge in [-0.25, -0.2) is 0 Å². The lowest BCUT2D eigenvalue weighted by Crippen LogP contribution is -2.30. The van der Waals surface area contributed by atoms with E-state index in [-0.39, 0.29) is 0 Å². The largest absolute Gasteiger partial charge is 0.481 e. The quantitative estimate of drug-likeness (QED) is 0.712. The first-order chi connectivity index (χ1) is 6.63. The zero-order valence-corrected chi connectivity index (χ0v) is 8.11. The van der Waals surface area contributed by atoms with Crippen LogP contribution in [-0.2, 0) is 9.59 Å². The highest BCUT2D eigenvalue weighted by molar-refractivity contribution is 5.79. The van der Waals surface area contributed by atoms with E-state index in [1.807, 2.05) is 0 Å². The summed E-state index contributed by atoms with van der Waals surface area (Å²) >= 11 is 0. The van der Waals surface area contributed by atoms with Crippen molar-refractivity contribution in [1.82, 2.24) is 0 Å². The molecule has 0 radical (unpaired) electrons. The molecule has 1 saturated carbocycles. The summed E-state index contributed by atoms with van der Waals surface area (Å²) in [6.45, 7) is 0. The molecule has 80 valence electrons. The van der Waals surface area contributed by atoms with Crippen molar-refractivity contribution >= 4 is 11.9 Å². The lowest BCUT2D eigenvalue weighted by atomic mass is 9.82. The first kappa shape index (κ1) is 11.0. The van der Waals surface area contributed by atoms with Crippen LogP contribution in [0.5, 0.6) is 0 Å². The Balaban J connectivity index is 2.70. The van der Waals surface area contributed by atoms with Gasteiger partial charge in [-0.3, -0.25) is 9.59 Å². The molecule has 0 aromatic carbocycles. The molecule has 0 bridgehead atoms. The lowest BCUT2D eigenvalue weighted by Gasteiger charge is -2.22. The first-order valence-electron chi connectivity index (χ1n) is 5.08. The second-order valence-electron chi connectivity index (χ2n) is 3.88. The topological polar surface area (TPSA) is 74.6 Å². The summed E-state index contributed by atoms with van der Waals surface area (Å²) in [7, 11) is 0. The summed E-state index contributed by atoms with van der Waals surface area (Å²) < 4.78 is 0. The van der Waals surface area contributed by atoms with Crippen molar-refractivity contribution in [2.24, 2.45) is 11.8 Å². The van der Waals surface area contributed by atoms with Gasteiger partial charge in [0.1, 0.15) is 0 Å². The number of aliphatic carboxylic acids is 2. The molecule has 2 atom stereocenters. The van der Waals surface area contributed by atoms with Gasteiger partial charge in [-0.2, -0.15) is 0 Å². The second-order valence-corrected chi connectivity index (χ2v) is 3.88. The third kappa shape index (κ3) is 2.72. The maximum Gasteiger partial charge on any atom is 0.307 e. The van der Waals surface area contributed by atoms with Crippen LogP contribution in [0.1, 0.15) is 38.5 Å². The molecule has 0 saturated heterocycles. The summed E-state index contributed by atoms with van der Waals surface area (Å²) in [5.41, 5.74) is 0. The van der Waals surface area contributed by atoms with Crippen LogP contribution >= 0.6 is 0 Å². The Morgan fingerprint density at radius 3 is 1.43 bits per heavy atom. The Morgan fingerprint density at radius 1 is 0.786 bits per heavy atom. The van der Waals surface area contributed by atoms with E-state index in [0.29, 0.717) is 12.8 Å². The summed E-state index contributed by atoms with van der Waals surface area (Å²) in [6.07, 6.45) is 4.73. The summed E-state index contributed by atoms with van der Waals surface area (Å²) in [6, 6.07) is 0. The fourth-order valence-corrected chi connectivity index (χ4v) is 2.08. The standard InChI is InChI=1S/C10H16O4/c11-9(12)7-5-3-1-2-4-6-8(7)10(13)14/h7-8H,1-6H2,(H,11,12)(H,13,14)/t7-,8-/m0/s1. The van der Waals surface area contributed by atoms with Gasteiger partial charge in [0, 0.05) is 0 Å². The van der Waals surface area contributed by atoms with Gasteiger partial charge in [-0.05, 0) is 12.8 Å². The van der Waals surface area contributed by atoms with E-state index in [1.165, 1.54) is 0 Å². The average Bonchev–Trinajstić information content (AvgIpc) is 2.01. The monoisotopic (exact) mass is 200 g/mol. The molecule has 0 aliphatic heterocycles. The van der Waals surface area contributed by atoms with E-state index in [4.69, 9.17) is 10.2 Å². The van der Waals surface area contributed by atoms with E-state index in [9.17, 15) is 9.59 Å². The molecule has 0 spiro atoms. The van der Waals surface area contributed by atoms with Gasteiger partial charge >= 0.3 is 11.9 Å². The second kappa shape index (κ2) is 4.98. The molecule has 1 rings (SSSR count). The van der Waals surface area contributed by atoms with Crippen molar-refractivity contribution in [2.75, 3.05) is 0 Å². The normalized spacial score (nSPS) is 28.9. The maximum atomic E-state index is 10.9. The van der Waals surface area contributed by atoms with Crippen molar-refractivity contribution in [3.63, 3.8) is 0 Å². The Labute approximate surface area is 82.9 Å². The third-order valence-electron chi connectivity index (χ3n) is 2.90. The van der Waals surface area contributed by atoms with Crippen LogP contribution in [0.4, 0.5) is 0 Å². The molecule has 1 fully saturated rings. The number of hydrogen-bond donors (Lipinski definition) is 2. The van der Waals surface area contributed by atoms with Crippen LogP contribution < -0.4 is 0 Å². The molecule has 2 N–H and O–H groups in total. The average molecular weight is 200 g/mol. The molecule has 4 nitrogen and oxygen atoms in total. The third-order valence-corrected chi connectivity index (χ3v) is 2.90. The number of rotatable bonds is 2. The number of carboxylic acids is 2. The Hall–Kier alpha value is -1.06. The number of carboxylic acid groups (broad SMARTS) is 2. The molecule has 0 aromatic rings. The fraction of sp³-hybridized carbons (Fsp3) is 0.800. The van der Waals surface area contributed by atoms with E-state index in [0.717, 1.165) is 25.7 Å². The van der Waals surface area contributed by atoms with Crippen molar-refractivity contribution < 1.29 is 19.8 Å². The van der Waals surface area contributed by atoms with Gasteiger partial charge < -0.3 is 10.2 Å². The Kier molecular flexibility index (Phi) is 3.92. The van der Waals surface area contributed by atoms with Crippen LogP contribution in [0.3, 0.4) is 0 Å². The van der Waals surface area contributed by atoms with Gasteiger partial charge in [0.2, 0.25) is 0 Å². The predicted molar refractivity (Wildman–Crippen MR) is 50.0 cm³/mol. The number of carbonyl (C=O) groups is 2. The van der Waals surface area contributed by atoms with Gasteiger partial charge in [0.15, 0.2) is 0 Å². The van der Waals surface area contributed by atoms with Crippen LogP contribution in [0.2, 0.25) is 0 Å². The predicted octanol–water partition coefficient (Wildman–Crippen LogP) is 1.74. The zero-order chi connectivity index (χ0) is 10.6. The van der Waals surface area contributed by atoms with Gasteiger partial charge in [-0.1, -0.05) is 25.7 Å². The smallest absolute Gasteiger partial charge is 0.307 e. The van der Waals surface area contributed by atoms with Crippen molar-refractivity contribution in [3.05, 3.63) is 0 Å². The first-order valence-corrected chi connectivity index (χ1v) is 5.08. The van der Waals surface area contributed by atoms with Crippen molar-refractivity contribution in [3.8, 4) is 0 Å². The molecular formula is C10H16O4. The highest BCUT2D eigenvalue weighted by Crippen LogP contribution is 2.28. The van der Waals surface area contributed by atoms with Crippen LogP contribution in [0.25, 0.3) is 0 Å². The summed E-state index contributed by atoms with van der Waals surface area (Å²) in [4.78, 5) is 21.7. The van der Waals surface area contributed by atoms with Crippen LogP contribution in [0.15, 0.2) is 0 Å². The Bertz CT molecular complexity index is 200. The zero-order valence-electron chi connectivity index (χ0n) is 8.11. The molecule has 1 aliphatic carbocycles. The van der Waals surface area contributed by atoms with E-state index >= 15 is 0 Å². The minimum Gasteiger partial charge on any atom is -0.481 e. The lowest BCUT2D eigenvalue weighted by molar-refractivity contribution is -0.154. The van der Waals surface area contributed by atoms with Gasteiger partial charge in [-0.15, -0.1) is 0 Å². The molecule has 0 heterocycles. The van der Waals surface area contributed by atoms with Crippen molar-refractivity contribution in [2.45, 2.75) is 38.5 Å². The molecular weight excluding hydrogens is 184 g/mol. The maximum absolute atomic E-state index is 10.9. The minimum atomic E-state index is -0.959. The summed E-state index contributed by atoms with van der Waals surface area (Å²) in [5, 5.41) is 17.8. The molecule has 0 aromatic heterocycles. The van der Waals surface area contributed by atoms with E-state index in [2.05, 4.69) is 0 Å². The minimum absolute atomic E-state index is 0.506. The van der Waals surface area contributed by atoms with E-state index < -0.39 is 23.8 Å². The number of hydrogen-bond acceptors (Lipinski definition) is 2. The van der Waals surface area contributed by atoms with Crippen molar-refractivity contribution in [1.29, 1.82) is 0 Å².